The van der Waals surface area contributed by atoms with E-state index in [0.717, 1.165) is 30.8 Å². The first-order valence-corrected chi connectivity index (χ1v) is 11.0. The Kier molecular flexibility index (Phi) is 7.29. The normalized spacial score (nSPS) is 11.4. The molecule has 4 heteroatoms. The Bertz CT molecular complexity index is 1250. The number of nitrogens with zero attached hydrogens (tertiary/aromatic N) is 2. The number of hydrogen-bond acceptors (Lipinski definition) is 2. The van der Waals surface area contributed by atoms with Crippen LogP contribution in [0.5, 0.6) is 5.75 Å². The molecular weight excluding hydrogens is 448 g/mol. The number of hydrogen-bond donors (Lipinski definition) is 0. The first-order chi connectivity index (χ1) is 15.8. The molecule has 0 amide bonds. The molecule has 3 nitrogen and oxygen atoms in total. The van der Waals surface area contributed by atoms with E-state index in [1.165, 1.54) is 33.5 Å². The monoisotopic (exact) mass is 474 g/mol. The maximum absolute atomic E-state index is 5.28. The molecule has 0 saturated heterocycles. The molecule has 0 N–H and O–H groups in total. The summed E-state index contributed by atoms with van der Waals surface area (Å²) in [6.45, 7) is 0.750. The molecule has 1 aliphatic carbocycles. The topological polar surface area (TPSA) is 27.1 Å². The molecule has 5 aromatic rings. The van der Waals surface area contributed by atoms with Gasteiger partial charge in [-0.3, -0.25) is 4.68 Å². The van der Waals surface area contributed by atoms with Crippen molar-refractivity contribution in [2.45, 2.75) is 19.4 Å². The van der Waals surface area contributed by atoms with Crippen molar-refractivity contribution in [3.05, 3.63) is 120 Å². The largest absolute Gasteiger partial charge is 2.00 e. The number of benzene rings is 2. The van der Waals surface area contributed by atoms with Gasteiger partial charge in [0.15, 0.2) is 0 Å². The van der Waals surface area contributed by atoms with E-state index in [4.69, 9.17) is 9.84 Å². The fourth-order valence-corrected chi connectivity index (χ4v) is 4.38. The van der Waals surface area contributed by atoms with E-state index < -0.39 is 0 Å². The van der Waals surface area contributed by atoms with Gasteiger partial charge in [0.25, 0.3) is 0 Å². The van der Waals surface area contributed by atoms with Gasteiger partial charge in [-0.2, -0.15) is 41.5 Å². The van der Waals surface area contributed by atoms with Crippen LogP contribution in [0.2, 0.25) is 0 Å². The standard InChI is InChI=1S/C24H21N2O.C5H5.Fe/c1-27-20-13-10-17(11-14-20)16-26-24(19-7-2-3-8-19)22-15-12-18-6-4-5-9-21(18)23(22)25-26;1-2-4-5-3-1;/h2-11,13-14H,12,15-16H2,1H3;1-5H;/q2*-1;+2. The third-order valence-corrected chi connectivity index (χ3v) is 5.95. The summed E-state index contributed by atoms with van der Waals surface area (Å²) in [6, 6.07) is 35.5. The molecule has 0 unspecified atom stereocenters. The van der Waals surface area contributed by atoms with Crippen molar-refractivity contribution in [3.63, 3.8) is 0 Å². The first kappa shape index (κ1) is 22.8. The molecule has 1 heterocycles. The van der Waals surface area contributed by atoms with Crippen molar-refractivity contribution >= 4 is 0 Å². The van der Waals surface area contributed by atoms with Crippen LogP contribution in [0.3, 0.4) is 0 Å². The molecule has 0 fully saturated rings. The summed E-state index contributed by atoms with van der Waals surface area (Å²) in [4.78, 5) is 0. The second-order valence-corrected chi connectivity index (χ2v) is 7.97. The van der Waals surface area contributed by atoms with Crippen molar-refractivity contribution in [3.8, 4) is 28.3 Å². The Morgan fingerprint density at radius 2 is 1.67 bits per heavy atom. The van der Waals surface area contributed by atoms with Gasteiger partial charge in [0.05, 0.1) is 19.3 Å². The van der Waals surface area contributed by atoms with E-state index in [-0.39, 0.29) is 17.1 Å². The van der Waals surface area contributed by atoms with Crippen LogP contribution in [-0.4, -0.2) is 16.9 Å². The predicted molar refractivity (Wildman–Crippen MR) is 130 cm³/mol. The molecule has 0 bridgehead atoms. The summed E-state index contributed by atoms with van der Waals surface area (Å²) in [6.07, 6.45) is 2.11. The third kappa shape index (κ3) is 4.88. The van der Waals surface area contributed by atoms with Crippen LogP contribution in [0.15, 0.2) is 103 Å². The van der Waals surface area contributed by atoms with Crippen LogP contribution < -0.4 is 4.74 Å². The molecule has 166 valence electrons. The minimum absolute atomic E-state index is 0. The van der Waals surface area contributed by atoms with Crippen LogP contribution in [0.4, 0.5) is 0 Å². The van der Waals surface area contributed by atoms with Crippen LogP contribution in [0.25, 0.3) is 22.5 Å². The zero-order valence-corrected chi connectivity index (χ0v) is 19.7. The van der Waals surface area contributed by atoms with Gasteiger partial charge in [0, 0.05) is 5.56 Å². The molecule has 1 aliphatic rings. The smallest absolute Gasteiger partial charge is 0.497 e. The van der Waals surface area contributed by atoms with Gasteiger partial charge in [-0.1, -0.05) is 36.4 Å². The molecule has 33 heavy (non-hydrogen) atoms. The van der Waals surface area contributed by atoms with Crippen molar-refractivity contribution in [2.24, 2.45) is 0 Å². The van der Waals surface area contributed by atoms with Crippen LogP contribution in [0, 0.1) is 0 Å². The number of ether oxygens (including phenoxy) is 1. The van der Waals surface area contributed by atoms with Gasteiger partial charge in [0.1, 0.15) is 5.75 Å². The maximum atomic E-state index is 5.28. The number of rotatable bonds is 4. The van der Waals surface area contributed by atoms with Crippen molar-refractivity contribution in [1.29, 1.82) is 0 Å². The van der Waals surface area contributed by atoms with E-state index in [1.807, 2.05) is 42.5 Å². The van der Waals surface area contributed by atoms with Crippen molar-refractivity contribution < 1.29 is 21.8 Å². The van der Waals surface area contributed by atoms with Gasteiger partial charge in [0.2, 0.25) is 0 Å². The summed E-state index contributed by atoms with van der Waals surface area (Å²) >= 11 is 0. The van der Waals surface area contributed by atoms with Crippen molar-refractivity contribution in [1.82, 2.24) is 9.78 Å². The van der Waals surface area contributed by atoms with Crippen molar-refractivity contribution in [2.75, 3.05) is 7.11 Å². The molecule has 0 atom stereocenters. The molecule has 1 aromatic heterocycles. The molecule has 4 aromatic carbocycles. The zero-order valence-electron chi connectivity index (χ0n) is 18.6. The number of aryl methyl sites for hydroxylation is 1. The fraction of sp³-hybridized carbons (Fsp3) is 0.138. The van der Waals surface area contributed by atoms with E-state index >= 15 is 0 Å². The first-order valence-electron chi connectivity index (χ1n) is 11.0. The number of methoxy groups -OCH3 is 1. The Hall–Kier alpha value is -3.33. The second-order valence-electron chi connectivity index (χ2n) is 7.97. The van der Waals surface area contributed by atoms with E-state index in [0.29, 0.717) is 0 Å². The summed E-state index contributed by atoms with van der Waals surface area (Å²) in [7, 11) is 1.70. The van der Waals surface area contributed by atoms with Crippen LogP contribution >= 0.6 is 0 Å². The Morgan fingerprint density at radius 3 is 2.33 bits per heavy atom. The van der Waals surface area contributed by atoms with Crippen LogP contribution in [0.1, 0.15) is 16.7 Å². The molecular formula is C29H26FeN2O. The average molecular weight is 474 g/mol. The van der Waals surface area contributed by atoms with Gasteiger partial charge in [-0.05, 0) is 47.4 Å². The summed E-state index contributed by atoms with van der Waals surface area (Å²) in [5, 5.41) is 5.07. The molecule has 0 radical (unpaired) electrons. The summed E-state index contributed by atoms with van der Waals surface area (Å²) in [5.41, 5.74) is 8.90. The summed E-state index contributed by atoms with van der Waals surface area (Å²) in [5.74, 6) is 0.878. The molecule has 0 spiro atoms. The minimum Gasteiger partial charge on any atom is -0.497 e. The van der Waals surface area contributed by atoms with E-state index in [2.05, 4.69) is 65.3 Å². The predicted octanol–water partition coefficient (Wildman–Crippen LogP) is 6.49. The average Bonchev–Trinajstić information content (AvgIpc) is 3.62. The number of aromatic nitrogens is 2. The molecule has 6 rings (SSSR count). The second kappa shape index (κ2) is 10.5. The van der Waals surface area contributed by atoms with E-state index in [9.17, 15) is 0 Å². The fourth-order valence-electron chi connectivity index (χ4n) is 4.38. The van der Waals surface area contributed by atoms with Gasteiger partial charge in [-0.25, -0.2) is 12.1 Å². The van der Waals surface area contributed by atoms with Gasteiger partial charge < -0.3 is 4.74 Å². The molecule has 0 saturated carbocycles. The Labute approximate surface area is 205 Å². The third-order valence-electron chi connectivity index (χ3n) is 5.95. The number of fused-ring (bicyclic) bond motifs is 3. The minimum atomic E-state index is 0. The van der Waals surface area contributed by atoms with Crippen LogP contribution in [-0.2, 0) is 36.5 Å². The van der Waals surface area contributed by atoms with Gasteiger partial charge >= 0.3 is 17.1 Å². The quantitative estimate of drug-likeness (QED) is 0.220. The Morgan fingerprint density at radius 1 is 0.879 bits per heavy atom. The summed E-state index contributed by atoms with van der Waals surface area (Å²) < 4.78 is 7.46. The molecule has 0 aliphatic heterocycles. The zero-order chi connectivity index (χ0) is 21.8. The SMILES string of the molecule is COc1ccc(Cn2nc3c(c2-c2ccc[cH-]2)CCc2ccccc2-3)cc1.[Fe+2].c1cc[cH-]c1. The van der Waals surface area contributed by atoms with Gasteiger partial charge in [-0.15, -0.1) is 11.6 Å². The van der Waals surface area contributed by atoms with E-state index in [1.54, 1.807) is 7.11 Å². The maximum Gasteiger partial charge on any atom is 2.00 e. The Balaban J connectivity index is 0.000000385.